The fourth-order valence-electron chi connectivity index (χ4n) is 3.13. The van der Waals surface area contributed by atoms with E-state index in [0.717, 1.165) is 30.0 Å². The number of likely N-dealkylation sites (N-methyl/N-ethyl adjacent to an activating group) is 1. The van der Waals surface area contributed by atoms with Crippen LogP contribution in [0.1, 0.15) is 31.9 Å². The van der Waals surface area contributed by atoms with Crippen molar-refractivity contribution < 1.29 is 0 Å². The number of anilines is 1. The highest BCUT2D eigenvalue weighted by Gasteiger charge is 2.22. The molecule has 1 aliphatic rings. The Morgan fingerprint density at radius 2 is 2.32 bits per heavy atom. The van der Waals surface area contributed by atoms with E-state index >= 15 is 0 Å². The number of aromatic nitrogens is 2. The number of fused-ring (bicyclic) bond motifs is 1. The summed E-state index contributed by atoms with van der Waals surface area (Å²) in [6, 6.07) is 4.52. The molecule has 1 atom stereocenters. The summed E-state index contributed by atoms with van der Waals surface area (Å²) in [5, 5.41) is 0. The van der Waals surface area contributed by atoms with Gasteiger partial charge in [-0.3, -0.25) is 0 Å². The third kappa shape index (κ3) is 2.45. The first-order valence-corrected chi connectivity index (χ1v) is 7.24. The van der Waals surface area contributed by atoms with E-state index in [9.17, 15) is 0 Å². The molecule has 102 valence electrons. The van der Waals surface area contributed by atoms with Gasteiger partial charge in [0.15, 0.2) is 5.65 Å². The highest BCUT2D eigenvalue weighted by atomic mass is 15.2. The normalized spacial score (nSPS) is 21.0. The first kappa shape index (κ1) is 12.5. The van der Waals surface area contributed by atoms with Gasteiger partial charge in [-0.05, 0) is 38.1 Å². The predicted molar refractivity (Wildman–Crippen MR) is 78.2 cm³/mol. The lowest BCUT2D eigenvalue weighted by Crippen LogP contribution is -2.40. The summed E-state index contributed by atoms with van der Waals surface area (Å²) in [7, 11) is 0. The number of pyridine rings is 1. The first-order chi connectivity index (χ1) is 9.28. The number of likely N-dealkylation sites (tertiary alicyclic amines) is 1. The van der Waals surface area contributed by atoms with E-state index in [-0.39, 0.29) is 0 Å². The fraction of sp³-hybridized carbons (Fsp3) is 0.533. The summed E-state index contributed by atoms with van der Waals surface area (Å²) in [4.78, 5) is 7.27. The molecular formula is C15H22N4. The standard InChI is InChI=1S/C15H22N4/c1-2-18-8-4-3-6-13(18)10-12-11-19-9-5-7-14(16)15(19)17-12/h5,7,9,11,13H,2-4,6,8,10,16H2,1H3. The minimum absolute atomic E-state index is 0.643. The average molecular weight is 258 g/mol. The largest absolute Gasteiger partial charge is 0.396 e. The fourth-order valence-corrected chi connectivity index (χ4v) is 3.13. The van der Waals surface area contributed by atoms with Gasteiger partial charge in [0.05, 0.1) is 11.4 Å². The van der Waals surface area contributed by atoms with Crippen molar-refractivity contribution >= 4 is 11.3 Å². The van der Waals surface area contributed by atoms with E-state index in [4.69, 9.17) is 5.73 Å². The molecule has 0 aliphatic carbocycles. The van der Waals surface area contributed by atoms with Gasteiger partial charge in [-0.2, -0.15) is 0 Å². The second-order valence-corrected chi connectivity index (χ2v) is 5.41. The molecule has 0 aromatic carbocycles. The molecule has 1 aliphatic heterocycles. The van der Waals surface area contributed by atoms with E-state index in [1.807, 2.05) is 22.7 Å². The molecule has 1 fully saturated rings. The molecule has 2 aromatic heterocycles. The number of rotatable bonds is 3. The van der Waals surface area contributed by atoms with Crippen LogP contribution in [0.2, 0.25) is 0 Å². The van der Waals surface area contributed by atoms with Crippen LogP contribution in [0.4, 0.5) is 5.69 Å². The summed E-state index contributed by atoms with van der Waals surface area (Å²) in [6.45, 7) is 4.62. The lowest BCUT2D eigenvalue weighted by atomic mass is 9.98. The first-order valence-electron chi connectivity index (χ1n) is 7.24. The van der Waals surface area contributed by atoms with Crippen LogP contribution in [-0.2, 0) is 6.42 Å². The Morgan fingerprint density at radius 1 is 1.42 bits per heavy atom. The number of nitrogen functional groups attached to an aromatic ring is 1. The summed E-state index contributed by atoms with van der Waals surface area (Å²) >= 11 is 0. The lowest BCUT2D eigenvalue weighted by molar-refractivity contribution is 0.155. The van der Waals surface area contributed by atoms with E-state index in [0.29, 0.717) is 6.04 Å². The van der Waals surface area contributed by atoms with Crippen molar-refractivity contribution in [2.24, 2.45) is 0 Å². The second kappa shape index (κ2) is 5.21. The van der Waals surface area contributed by atoms with Crippen molar-refractivity contribution in [3.05, 3.63) is 30.2 Å². The van der Waals surface area contributed by atoms with Crippen LogP contribution in [0, 0.1) is 0 Å². The Labute approximate surface area is 114 Å². The summed E-state index contributed by atoms with van der Waals surface area (Å²) in [5.41, 5.74) is 8.76. The van der Waals surface area contributed by atoms with Crippen molar-refractivity contribution in [1.82, 2.24) is 14.3 Å². The maximum absolute atomic E-state index is 5.96. The average Bonchev–Trinajstić information content (AvgIpc) is 2.83. The van der Waals surface area contributed by atoms with Gasteiger partial charge in [-0.1, -0.05) is 13.3 Å². The van der Waals surface area contributed by atoms with E-state index < -0.39 is 0 Å². The minimum atomic E-state index is 0.643. The van der Waals surface area contributed by atoms with E-state index in [2.05, 4.69) is 23.0 Å². The Morgan fingerprint density at radius 3 is 3.11 bits per heavy atom. The number of nitrogens with two attached hydrogens (primary N) is 1. The maximum Gasteiger partial charge on any atom is 0.160 e. The van der Waals surface area contributed by atoms with Crippen LogP contribution in [0.3, 0.4) is 0 Å². The minimum Gasteiger partial charge on any atom is -0.396 e. The second-order valence-electron chi connectivity index (χ2n) is 5.41. The van der Waals surface area contributed by atoms with Crippen LogP contribution in [0.15, 0.2) is 24.5 Å². The third-order valence-corrected chi connectivity index (χ3v) is 4.16. The Balaban J connectivity index is 1.82. The Hall–Kier alpha value is -1.55. The van der Waals surface area contributed by atoms with Gasteiger partial charge >= 0.3 is 0 Å². The number of piperidine rings is 1. The van der Waals surface area contributed by atoms with Crippen molar-refractivity contribution in [1.29, 1.82) is 0 Å². The third-order valence-electron chi connectivity index (χ3n) is 4.16. The molecule has 0 spiro atoms. The monoisotopic (exact) mass is 258 g/mol. The van der Waals surface area contributed by atoms with Gasteiger partial charge in [-0.25, -0.2) is 4.98 Å². The van der Waals surface area contributed by atoms with Crippen LogP contribution >= 0.6 is 0 Å². The van der Waals surface area contributed by atoms with Gasteiger partial charge < -0.3 is 15.0 Å². The van der Waals surface area contributed by atoms with Crippen LogP contribution in [0.5, 0.6) is 0 Å². The van der Waals surface area contributed by atoms with Gasteiger partial charge in [0.25, 0.3) is 0 Å². The summed E-state index contributed by atoms with van der Waals surface area (Å²) < 4.78 is 2.03. The molecule has 3 heterocycles. The highest BCUT2D eigenvalue weighted by Crippen LogP contribution is 2.21. The van der Waals surface area contributed by atoms with Crippen LogP contribution in [-0.4, -0.2) is 33.4 Å². The maximum atomic E-state index is 5.96. The summed E-state index contributed by atoms with van der Waals surface area (Å²) in [6.07, 6.45) is 9.14. The van der Waals surface area contributed by atoms with Crippen molar-refractivity contribution in [3.8, 4) is 0 Å². The number of hydrogen-bond donors (Lipinski definition) is 1. The highest BCUT2D eigenvalue weighted by molar-refractivity contribution is 5.64. The topological polar surface area (TPSA) is 46.6 Å². The molecule has 4 heteroatoms. The zero-order chi connectivity index (χ0) is 13.2. The molecule has 3 rings (SSSR count). The summed E-state index contributed by atoms with van der Waals surface area (Å²) in [5.74, 6) is 0. The van der Waals surface area contributed by atoms with Gasteiger partial charge in [0, 0.05) is 24.9 Å². The molecule has 19 heavy (non-hydrogen) atoms. The van der Waals surface area contributed by atoms with Crippen molar-refractivity contribution in [2.45, 2.75) is 38.6 Å². The number of nitrogens with zero attached hydrogens (tertiary/aromatic N) is 3. The molecule has 2 N–H and O–H groups in total. The van der Waals surface area contributed by atoms with Crippen molar-refractivity contribution in [2.75, 3.05) is 18.8 Å². The van der Waals surface area contributed by atoms with Gasteiger partial charge in [0.2, 0.25) is 0 Å². The molecular weight excluding hydrogens is 236 g/mol. The molecule has 0 radical (unpaired) electrons. The molecule has 1 saturated heterocycles. The molecule has 2 aromatic rings. The van der Waals surface area contributed by atoms with Crippen LogP contribution in [0.25, 0.3) is 5.65 Å². The quantitative estimate of drug-likeness (QED) is 0.919. The molecule has 4 nitrogen and oxygen atoms in total. The SMILES string of the molecule is CCN1CCCCC1Cc1cn2cccc(N)c2n1. The molecule has 0 bridgehead atoms. The van der Waals surface area contributed by atoms with E-state index in [1.54, 1.807) is 0 Å². The Kier molecular flexibility index (Phi) is 3.42. The Bertz CT molecular complexity index is 560. The number of imidazole rings is 1. The lowest BCUT2D eigenvalue weighted by Gasteiger charge is -2.34. The molecule has 1 unspecified atom stereocenters. The van der Waals surface area contributed by atoms with Crippen LogP contribution < -0.4 is 5.73 Å². The van der Waals surface area contributed by atoms with Crippen molar-refractivity contribution in [3.63, 3.8) is 0 Å². The smallest absolute Gasteiger partial charge is 0.160 e. The zero-order valence-electron chi connectivity index (χ0n) is 11.5. The number of hydrogen-bond acceptors (Lipinski definition) is 3. The predicted octanol–water partition coefficient (Wildman–Crippen LogP) is 2.33. The van der Waals surface area contributed by atoms with Gasteiger partial charge in [-0.15, -0.1) is 0 Å². The molecule has 0 saturated carbocycles. The van der Waals surface area contributed by atoms with E-state index in [1.165, 1.54) is 25.8 Å². The zero-order valence-corrected chi connectivity index (χ0v) is 11.5. The van der Waals surface area contributed by atoms with Gasteiger partial charge in [0.1, 0.15) is 0 Å². The molecule has 0 amide bonds.